The number of ether oxygens (including phenoxy) is 1. The molecule has 1 atom stereocenters. The topological polar surface area (TPSA) is 9.23 Å². The summed E-state index contributed by atoms with van der Waals surface area (Å²) >= 11 is 0. The Morgan fingerprint density at radius 3 is 2.73 bits per heavy atom. The number of hydrogen-bond acceptors (Lipinski definition) is 1. The van der Waals surface area contributed by atoms with E-state index in [1.807, 2.05) is 6.08 Å². The number of allylic oxidation sites excluding steroid dienone is 5. The van der Waals surface area contributed by atoms with Gasteiger partial charge in [0.05, 0.1) is 6.10 Å². The number of hydrogen-bond donors (Lipinski definition) is 0. The van der Waals surface area contributed by atoms with Crippen LogP contribution in [-0.2, 0) is 4.74 Å². The predicted molar refractivity (Wildman–Crippen MR) is 65.8 cm³/mol. The summed E-state index contributed by atoms with van der Waals surface area (Å²) in [4.78, 5) is 0. The molecule has 1 nitrogen and oxygen atoms in total. The van der Waals surface area contributed by atoms with Crippen molar-refractivity contribution >= 4 is 0 Å². The summed E-state index contributed by atoms with van der Waals surface area (Å²) < 4.78 is 5.36. The zero-order valence-electron chi connectivity index (χ0n) is 10.1. The largest absolute Gasteiger partial charge is 0.377 e. The maximum absolute atomic E-state index is 5.36. The predicted octanol–water partition coefficient (Wildman–Crippen LogP) is 3.80. The van der Waals surface area contributed by atoms with Crippen LogP contribution in [0.5, 0.6) is 0 Å². The fourth-order valence-corrected chi connectivity index (χ4v) is 1.74. The maximum atomic E-state index is 5.36. The Morgan fingerprint density at radius 1 is 1.53 bits per heavy atom. The molecule has 0 N–H and O–H groups in total. The first kappa shape index (κ1) is 12.0. The van der Waals surface area contributed by atoms with Crippen molar-refractivity contribution < 1.29 is 4.74 Å². The highest BCUT2D eigenvalue weighted by molar-refractivity contribution is 5.50. The van der Waals surface area contributed by atoms with Gasteiger partial charge in [0.15, 0.2) is 0 Å². The van der Waals surface area contributed by atoms with Crippen LogP contribution < -0.4 is 0 Å². The van der Waals surface area contributed by atoms with Gasteiger partial charge in [-0.25, -0.2) is 0 Å². The molecule has 0 spiro atoms. The monoisotopic (exact) mass is 204 g/mol. The lowest BCUT2D eigenvalue weighted by Gasteiger charge is -2.20. The van der Waals surface area contributed by atoms with Gasteiger partial charge >= 0.3 is 0 Å². The minimum absolute atomic E-state index is 0.219. The van der Waals surface area contributed by atoms with Crippen molar-refractivity contribution in [2.75, 3.05) is 7.11 Å². The molecule has 0 amide bonds. The lowest BCUT2D eigenvalue weighted by atomic mass is 9.90. The lowest BCUT2D eigenvalue weighted by molar-refractivity contribution is 0.142. The quantitative estimate of drug-likeness (QED) is 0.635. The number of rotatable bonds is 3. The van der Waals surface area contributed by atoms with Crippen molar-refractivity contribution in [1.29, 1.82) is 0 Å². The van der Waals surface area contributed by atoms with Crippen LogP contribution in [0.4, 0.5) is 0 Å². The molecule has 0 aromatic rings. The number of methoxy groups -OCH3 is 1. The molecule has 1 rings (SSSR count). The van der Waals surface area contributed by atoms with Crippen LogP contribution in [0.25, 0.3) is 0 Å². The third-order valence-electron chi connectivity index (χ3n) is 3.04. The van der Waals surface area contributed by atoms with Gasteiger partial charge in [-0.3, -0.25) is 0 Å². The minimum Gasteiger partial charge on any atom is -0.377 e. The molecular formula is C14H20O. The highest BCUT2D eigenvalue weighted by Crippen LogP contribution is 2.27. The molecule has 15 heavy (non-hydrogen) atoms. The first-order valence-electron chi connectivity index (χ1n) is 5.32. The summed E-state index contributed by atoms with van der Waals surface area (Å²) in [5.74, 6) is 0. The van der Waals surface area contributed by atoms with Gasteiger partial charge in [-0.15, -0.1) is 0 Å². The Hall–Kier alpha value is -1.08. The zero-order valence-corrected chi connectivity index (χ0v) is 10.1. The molecule has 0 saturated heterocycles. The van der Waals surface area contributed by atoms with Crippen LogP contribution in [0.2, 0.25) is 0 Å². The third kappa shape index (κ3) is 2.69. The van der Waals surface area contributed by atoms with E-state index in [-0.39, 0.29) is 6.10 Å². The Labute approximate surface area is 92.8 Å². The Morgan fingerprint density at radius 2 is 2.20 bits per heavy atom. The average Bonchev–Trinajstić information content (AvgIpc) is 2.27. The fraction of sp³-hybridized carbons (Fsp3) is 0.429. The normalized spacial score (nSPS) is 22.8. The SMILES string of the molecule is C=C/C(C)=C(/C)C1=CC(OC)CC=C1C. The van der Waals surface area contributed by atoms with Crippen molar-refractivity contribution in [1.82, 2.24) is 0 Å². The highest BCUT2D eigenvalue weighted by atomic mass is 16.5. The molecule has 0 heterocycles. The van der Waals surface area contributed by atoms with E-state index >= 15 is 0 Å². The third-order valence-corrected chi connectivity index (χ3v) is 3.04. The summed E-state index contributed by atoms with van der Waals surface area (Å²) in [5.41, 5.74) is 5.15. The molecule has 1 heteroatoms. The molecule has 0 saturated carbocycles. The molecule has 0 aromatic heterocycles. The van der Waals surface area contributed by atoms with E-state index in [0.29, 0.717) is 0 Å². The Bertz CT molecular complexity index is 342. The second kappa shape index (κ2) is 5.13. The maximum Gasteiger partial charge on any atom is 0.0795 e. The molecule has 0 fully saturated rings. The van der Waals surface area contributed by atoms with Crippen LogP contribution in [0, 0.1) is 0 Å². The standard InChI is InChI=1S/C14H20O/c1-6-10(2)12(4)14-9-13(15-5)8-7-11(14)3/h6-7,9,13H,1,8H2,2-5H3/b12-10-. The van der Waals surface area contributed by atoms with Crippen LogP contribution in [0.15, 0.2) is 47.1 Å². The van der Waals surface area contributed by atoms with Gasteiger partial charge in [0.1, 0.15) is 0 Å². The molecule has 0 radical (unpaired) electrons. The van der Waals surface area contributed by atoms with Gasteiger partial charge in [0.25, 0.3) is 0 Å². The van der Waals surface area contributed by atoms with Crippen LogP contribution >= 0.6 is 0 Å². The fourth-order valence-electron chi connectivity index (χ4n) is 1.74. The van der Waals surface area contributed by atoms with E-state index in [2.05, 4.69) is 39.5 Å². The first-order chi connectivity index (χ1) is 7.10. The molecule has 0 bridgehead atoms. The Balaban J connectivity index is 3.06. The first-order valence-corrected chi connectivity index (χ1v) is 5.32. The van der Waals surface area contributed by atoms with Gasteiger partial charge in [-0.05, 0) is 55.6 Å². The van der Waals surface area contributed by atoms with E-state index in [4.69, 9.17) is 4.74 Å². The van der Waals surface area contributed by atoms with Gasteiger partial charge in [0, 0.05) is 7.11 Å². The van der Waals surface area contributed by atoms with E-state index in [1.165, 1.54) is 22.3 Å². The van der Waals surface area contributed by atoms with Gasteiger partial charge in [0.2, 0.25) is 0 Å². The molecule has 1 aliphatic rings. The van der Waals surface area contributed by atoms with E-state index in [9.17, 15) is 0 Å². The second-order valence-corrected chi connectivity index (χ2v) is 3.99. The minimum atomic E-state index is 0.219. The van der Waals surface area contributed by atoms with Crippen LogP contribution in [0.1, 0.15) is 27.2 Å². The van der Waals surface area contributed by atoms with Crippen molar-refractivity contribution in [3.8, 4) is 0 Å². The lowest BCUT2D eigenvalue weighted by Crippen LogP contribution is -2.11. The average molecular weight is 204 g/mol. The summed E-state index contributed by atoms with van der Waals surface area (Å²) in [7, 11) is 1.76. The highest BCUT2D eigenvalue weighted by Gasteiger charge is 2.14. The van der Waals surface area contributed by atoms with Gasteiger partial charge < -0.3 is 4.74 Å². The Kier molecular flexibility index (Phi) is 4.10. The molecule has 1 unspecified atom stereocenters. The van der Waals surface area contributed by atoms with Crippen LogP contribution in [0.3, 0.4) is 0 Å². The van der Waals surface area contributed by atoms with E-state index in [1.54, 1.807) is 7.11 Å². The van der Waals surface area contributed by atoms with Crippen molar-refractivity contribution in [3.05, 3.63) is 47.1 Å². The summed E-state index contributed by atoms with van der Waals surface area (Å²) in [6.45, 7) is 10.2. The summed E-state index contributed by atoms with van der Waals surface area (Å²) in [6.07, 6.45) is 7.55. The van der Waals surface area contributed by atoms with E-state index < -0.39 is 0 Å². The smallest absolute Gasteiger partial charge is 0.0795 e. The molecule has 1 aliphatic carbocycles. The van der Waals surface area contributed by atoms with Crippen molar-refractivity contribution in [3.63, 3.8) is 0 Å². The summed E-state index contributed by atoms with van der Waals surface area (Å²) in [6, 6.07) is 0. The van der Waals surface area contributed by atoms with Crippen molar-refractivity contribution in [2.24, 2.45) is 0 Å². The molecular weight excluding hydrogens is 184 g/mol. The van der Waals surface area contributed by atoms with Gasteiger partial charge in [-0.2, -0.15) is 0 Å². The zero-order chi connectivity index (χ0) is 11.4. The van der Waals surface area contributed by atoms with Crippen molar-refractivity contribution in [2.45, 2.75) is 33.3 Å². The second-order valence-electron chi connectivity index (χ2n) is 3.99. The van der Waals surface area contributed by atoms with E-state index in [0.717, 1.165) is 6.42 Å². The summed E-state index contributed by atoms with van der Waals surface area (Å²) in [5, 5.41) is 0. The molecule has 0 aromatic carbocycles. The van der Waals surface area contributed by atoms with Crippen LogP contribution in [-0.4, -0.2) is 13.2 Å². The molecule has 82 valence electrons. The molecule has 0 aliphatic heterocycles. The van der Waals surface area contributed by atoms with Gasteiger partial charge in [-0.1, -0.05) is 18.7 Å².